The Bertz CT molecular complexity index is 1220. The van der Waals surface area contributed by atoms with E-state index in [1.165, 1.54) is 23.9 Å². The Morgan fingerprint density at radius 2 is 1.84 bits per heavy atom. The van der Waals surface area contributed by atoms with Crippen molar-refractivity contribution in [2.75, 3.05) is 0 Å². The second-order valence-electron chi connectivity index (χ2n) is 7.89. The molecular formula is C25H22FN5S. The third kappa shape index (κ3) is 3.94. The Kier molecular flexibility index (Phi) is 5.78. The molecule has 0 bridgehead atoms. The molecule has 3 heterocycles. The quantitative estimate of drug-likeness (QED) is 0.493. The minimum absolute atomic E-state index is 0.269. The van der Waals surface area contributed by atoms with E-state index in [1.54, 1.807) is 12.1 Å². The molecule has 5 rings (SSSR count). The van der Waals surface area contributed by atoms with Crippen molar-refractivity contribution in [3.05, 3.63) is 93.6 Å². The summed E-state index contributed by atoms with van der Waals surface area (Å²) in [6.07, 6.45) is 4.21. The van der Waals surface area contributed by atoms with E-state index < -0.39 is 0 Å². The third-order valence-corrected chi connectivity index (χ3v) is 6.79. The van der Waals surface area contributed by atoms with Crippen LogP contribution >= 0.6 is 11.8 Å². The SMILES string of the molecule is N#CC(=C1SC=C(c2ccc(F)cc2)N1Cc1ccccc1)c1nnc2n1CCCCC2. The van der Waals surface area contributed by atoms with Crippen LogP contribution in [-0.2, 0) is 19.5 Å². The van der Waals surface area contributed by atoms with Gasteiger partial charge in [0.2, 0.25) is 0 Å². The van der Waals surface area contributed by atoms with Crippen molar-refractivity contribution >= 4 is 23.0 Å². The lowest BCUT2D eigenvalue weighted by molar-refractivity contribution is 0.521. The van der Waals surface area contributed by atoms with Crippen LogP contribution in [0.25, 0.3) is 11.3 Å². The molecule has 32 heavy (non-hydrogen) atoms. The van der Waals surface area contributed by atoms with Gasteiger partial charge in [0, 0.05) is 24.9 Å². The number of nitrogens with zero attached hydrogens (tertiary/aromatic N) is 5. The van der Waals surface area contributed by atoms with Crippen LogP contribution in [0.4, 0.5) is 4.39 Å². The van der Waals surface area contributed by atoms with E-state index in [0.29, 0.717) is 17.9 Å². The number of nitriles is 1. The second-order valence-corrected chi connectivity index (χ2v) is 8.75. The van der Waals surface area contributed by atoms with Gasteiger partial charge >= 0.3 is 0 Å². The molecule has 0 atom stereocenters. The summed E-state index contributed by atoms with van der Waals surface area (Å²) in [4.78, 5) is 2.13. The Morgan fingerprint density at radius 3 is 2.62 bits per heavy atom. The first-order chi connectivity index (χ1) is 15.7. The molecular weight excluding hydrogens is 421 g/mol. The molecule has 1 aromatic heterocycles. The standard InChI is InChI=1S/C25H22FN5S/c26-20-12-10-19(11-13-20)22-17-32-25(31(22)16-18-7-3-1-4-8-18)21(15-27)24-29-28-23-9-5-2-6-14-30(23)24/h1,3-4,7-8,10-13,17H,2,5-6,9,14,16H2. The number of aryl methyl sites for hydroxylation is 1. The van der Waals surface area contributed by atoms with Crippen LogP contribution in [0.2, 0.25) is 0 Å². The number of thioether (sulfide) groups is 1. The van der Waals surface area contributed by atoms with Gasteiger partial charge < -0.3 is 9.47 Å². The zero-order valence-corrected chi connectivity index (χ0v) is 18.4. The summed E-state index contributed by atoms with van der Waals surface area (Å²) in [5.74, 6) is 1.32. The zero-order valence-electron chi connectivity index (χ0n) is 17.5. The number of halogens is 1. The van der Waals surface area contributed by atoms with Gasteiger partial charge in [-0.2, -0.15) is 5.26 Å². The molecule has 0 fully saturated rings. The Balaban J connectivity index is 1.60. The molecule has 2 aliphatic rings. The van der Waals surface area contributed by atoms with Crippen molar-refractivity contribution in [1.82, 2.24) is 19.7 Å². The normalized spacial score (nSPS) is 17.4. The molecule has 0 unspecified atom stereocenters. The first-order valence-corrected chi connectivity index (χ1v) is 11.6. The van der Waals surface area contributed by atoms with Crippen molar-refractivity contribution in [1.29, 1.82) is 5.26 Å². The van der Waals surface area contributed by atoms with Gasteiger partial charge in [0.25, 0.3) is 0 Å². The number of benzene rings is 2. The Morgan fingerprint density at radius 1 is 1.03 bits per heavy atom. The highest BCUT2D eigenvalue weighted by Gasteiger charge is 2.29. The fraction of sp³-hybridized carbons (Fsp3) is 0.240. The maximum Gasteiger partial charge on any atom is 0.177 e. The van der Waals surface area contributed by atoms with Crippen molar-refractivity contribution in [3.8, 4) is 6.07 Å². The van der Waals surface area contributed by atoms with Gasteiger partial charge in [0.15, 0.2) is 5.82 Å². The fourth-order valence-electron chi connectivity index (χ4n) is 4.17. The fourth-order valence-corrected chi connectivity index (χ4v) is 5.20. The molecule has 0 amide bonds. The highest BCUT2D eigenvalue weighted by atomic mass is 32.2. The largest absolute Gasteiger partial charge is 0.329 e. The summed E-state index contributed by atoms with van der Waals surface area (Å²) in [5.41, 5.74) is 3.50. The monoisotopic (exact) mass is 443 g/mol. The van der Waals surface area contributed by atoms with Gasteiger partial charge in [-0.3, -0.25) is 0 Å². The van der Waals surface area contributed by atoms with Crippen molar-refractivity contribution in [2.45, 2.75) is 38.8 Å². The van der Waals surface area contributed by atoms with Gasteiger partial charge in [-0.25, -0.2) is 4.39 Å². The molecule has 0 saturated carbocycles. The molecule has 0 spiro atoms. The first kappa shape index (κ1) is 20.5. The van der Waals surface area contributed by atoms with Gasteiger partial charge in [-0.05, 0) is 48.2 Å². The smallest absolute Gasteiger partial charge is 0.177 e. The number of aromatic nitrogens is 3. The lowest BCUT2D eigenvalue weighted by Crippen LogP contribution is -2.18. The van der Waals surface area contributed by atoms with Crippen LogP contribution in [0.1, 0.15) is 42.0 Å². The molecule has 5 nitrogen and oxygen atoms in total. The molecule has 2 aliphatic heterocycles. The summed E-state index contributed by atoms with van der Waals surface area (Å²) in [7, 11) is 0. The van der Waals surface area contributed by atoms with Gasteiger partial charge in [0.05, 0.1) is 5.70 Å². The number of hydrogen-bond acceptors (Lipinski definition) is 5. The predicted molar refractivity (Wildman–Crippen MR) is 124 cm³/mol. The van der Waals surface area contributed by atoms with Crippen LogP contribution < -0.4 is 0 Å². The molecule has 2 aromatic carbocycles. The van der Waals surface area contributed by atoms with Gasteiger partial charge in [-0.1, -0.05) is 48.5 Å². The van der Waals surface area contributed by atoms with Gasteiger partial charge in [0.1, 0.15) is 28.3 Å². The first-order valence-electron chi connectivity index (χ1n) is 10.8. The minimum atomic E-state index is -0.269. The molecule has 0 N–H and O–H groups in total. The topological polar surface area (TPSA) is 57.7 Å². The predicted octanol–water partition coefficient (Wildman–Crippen LogP) is 5.58. The van der Waals surface area contributed by atoms with E-state index in [1.807, 2.05) is 23.6 Å². The highest BCUT2D eigenvalue weighted by Crippen LogP contribution is 2.44. The Hall–Kier alpha value is -3.37. The summed E-state index contributed by atoms with van der Waals surface area (Å²) >= 11 is 1.51. The Labute approximate surface area is 190 Å². The zero-order chi connectivity index (χ0) is 21.9. The van der Waals surface area contributed by atoms with E-state index >= 15 is 0 Å². The summed E-state index contributed by atoms with van der Waals surface area (Å²) in [5, 5.41) is 21.9. The number of rotatable bonds is 4. The van der Waals surface area contributed by atoms with Crippen LogP contribution in [0, 0.1) is 17.1 Å². The maximum atomic E-state index is 13.5. The molecule has 7 heteroatoms. The van der Waals surface area contributed by atoms with Crippen LogP contribution in [0.5, 0.6) is 0 Å². The number of fused-ring (bicyclic) bond motifs is 1. The summed E-state index contributed by atoms with van der Waals surface area (Å²) in [6.45, 7) is 1.43. The maximum absolute atomic E-state index is 13.5. The molecule has 0 aliphatic carbocycles. The van der Waals surface area contributed by atoms with Crippen molar-refractivity contribution in [2.24, 2.45) is 0 Å². The highest BCUT2D eigenvalue weighted by molar-refractivity contribution is 8.06. The summed E-state index contributed by atoms with van der Waals surface area (Å²) < 4.78 is 15.7. The second kappa shape index (κ2) is 9.01. The lowest BCUT2D eigenvalue weighted by Gasteiger charge is -2.25. The molecule has 0 saturated heterocycles. The van der Waals surface area contributed by atoms with E-state index in [9.17, 15) is 9.65 Å². The minimum Gasteiger partial charge on any atom is -0.329 e. The van der Waals surface area contributed by atoms with E-state index in [4.69, 9.17) is 0 Å². The van der Waals surface area contributed by atoms with E-state index in [0.717, 1.165) is 59.9 Å². The lowest BCUT2D eigenvalue weighted by atomic mass is 10.1. The van der Waals surface area contributed by atoms with Crippen LogP contribution in [0.3, 0.4) is 0 Å². The van der Waals surface area contributed by atoms with Crippen LogP contribution in [-0.4, -0.2) is 19.7 Å². The number of hydrogen-bond donors (Lipinski definition) is 0. The van der Waals surface area contributed by atoms with Crippen molar-refractivity contribution < 1.29 is 4.39 Å². The average molecular weight is 444 g/mol. The van der Waals surface area contributed by atoms with E-state index in [-0.39, 0.29) is 5.82 Å². The third-order valence-electron chi connectivity index (χ3n) is 5.80. The average Bonchev–Trinajstić information content (AvgIpc) is 3.32. The number of allylic oxidation sites excluding steroid dienone is 1. The van der Waals surface area contributed by atoms with E-state index in [2.05, 4.69) is 37.9 Å². The van der Waals surface area contributed by atoms with Crippen molar-refractivity contribution in [3.63, 3.8) is 0 Å². The molecule has 160 valence electrons. The van der Waals surface area contributed by atoms with Crippen LogP contribution in [0.15, 0.2) is 65.0 Å². The van der Waals surface area contributed by atoms with Gasteiger partial charge in [-0.15, -0.1) is 10.2 Å². The summed E-state index contributed by atoms with van der Waals surface area (Å²) in [6, 6.07) is 19.0. The molecule has 3 aromatic rings. The molecule has 0 radical (unpaired) electrons.